The van der Waals surface area contributed by atoms with Gasteiger partial charge in [-0.3, -0.25) is 0 Å². The Labute approximate surface area is 46.7 Å². The Balaban J connectivity index is 2.77. The summed E-state index contributed by atoms with van der Waals surface area (Å²) >= 11 is 0. The first kappa shape index (κ1) is 5.18. The van der Waals surface area contributed by atoms with E-state index in [4.69, 9.17) is 0 Å². The van der Waals surface area contributed by atoms with Gasteiger partial charge >= 0.3 is 0 Å². The van der Waals surface area contributed by atoms with E-state index in [1.54, 1.807) is 7.75 Å². The maximum atomic E-state index is 2.42. The van der Waals surface area contributed by atoms with Crippen LogP contribution < -0.4 is 0 Å². The fraction of sp³-hybridized carbons (Fsp3) is 0. The first-order valence-electron chi connectivity index (χ1n) is 1.52. The topological polar surface area (TPSA) is 0 Å². The van der Waals surface area contributed by atoms with E-state index in [1.165, 1.54) is 33.2 Å². The van der Waals surface area contributed by atoms with E-state index < -0.39 is 0 Å². The van der Waals surface area contributed by atoms with E-state index in [-0.39, 0.29) is 0 Å². The molecule has 0 aromatic carbocycles. The molecular formula is CHPSi4. The van der Waals surface area contributed by atoms with Crippen LogP contribution >= 0.6 is 7.75 Å². The zero-order valence-electron chi connectivity index (χ0n) is 3.02. The van der Waals surface area contributed by atoms with E-state index in [2.05, 4.69) is 5.42 Å². The Bertz CT molecular complexity index is 76.9. The van der Waals surface area contributed by atoms with Crippen molar-refractivity contribution in [2.24, 2.45) is 0 Å². The highest BCUT2D eigenvalue weighted by molar-refractivity contribution is 7.78. The van der Waals surface area contributed by atoms with Gasteiger partial charge in [0.1, 0.15) is 0 Å². The largest absolute Gasteiger partial charge is 0.114 e. The second-order valence-corrected chi connectivity index (χ2v) is 13.4. The van der Waals surface area contributed by atoms with Crippen molar-refractivity contribution in [1.82, 2.24) is 0 Å². The van der Waals surface area contributed by atoms with E-state index in [9.17, 15) is 0 Å². The molecule has 6 heavy (non-hydrogen) atoms. The fourth-order valence-corrected chi connectivity index (χ4v) is 20.2. The molecule has 0 unspecified atom stereocenters. The second-order valence-electron chi connectivity index (χ2n) is 0.764. The highest BCUT2D eigenvalue weighted by Crippen LogP contribution is 1.77. The monoisotopic (exact) mass is 156 g/mol. The minimum absolute atomic E-state index is 1.21. The van der Waals surface area contributed by atoms with Gasteiger partial charge in [0.05, 0.1) is 8.28 Å². The van der Waals surface area contributed by atoms with Crippen LogP contribution in [0.4, 0.5) is 0 Å². The molecule has 0 spiro atoms. The zero-order valence-corrected chi connectivity index (χ0v) is 7.92. The van der Waals surface area contributed by atoms with Crippen LogP contribution in [0, 0.1) is 0 Å². The second kappa shape index (κ2) is 3.09. The molecule has 1 aliphatic heterocycles. The molecule has 0 aromatic rings. The minimum atomic E-state index is 1.21. The molecule has 0 N–H and O–H groups in total. The van der Waals surface area contributed by atoms with Crippen LogP contribution in [0.1, 0.15) is 0 Å². The molecule has 1 aliphatic rings. The Morgan fingerprint density at radius 1 is 1.33 bits per heavy atom. The molecule has 0 saturated carbocycles. The van der Waals surface area contributed by atoms with Crippen molar-refractivity contribution >= 4 is 46.3 Å². The summed E-state index contributed by atoms with van der Waals surface area (Å²) in [6.07, 6.45) is 0. The van der Waals surface area contributed by atoms with E-state index in [0.717, 1.165) is 0 Å². The van der Waals surface area contributed by atoms with Gasteiger partial charge in [0.15, 0.2) is 0 Å². The Morgan fingerprint density at radius 2 is 2.33 bits per heavy atom. The van der Waals surface area contributed by atoms with Crippen molar-refractivity contribution in [2.45, 2.75) is 0 Å². The van der Waals surface area contributed by atoms with Crippen LogP contribution in [0.3, 0.4) is 0 Å². The maximum absolute atomic E-state index is 2.42. The summed E-state index contributed by atoms with van der Waals surface area (Å²) in [5.41, 5.74) is 2.42. The molecule has 0 saturated heterocycles. The van der Waals surface area contributed by atoms with Gasteiger partial charge in [-0.15, -0.1) is 7.75 Å². The predicted octanol–water partition coefficient (Wildman–Crippen LogP) is -0.817. The van der Waals surface area contributed by atoms with Gasteiger partial charge in [-0.05, 0) is 0 Å². The van der Waals surface area contributed by atoms with Crippen molar-refractivity contribution in [2.75, 3.05) is 0 Å². The average molecular weight is 156 g/mol. The highest BCUT2D eigenvalue weighted by atomic mass is 31.3. The van der Waals surface area contributed by atoms with Gasteiger partial charge in [-0.25, -0.2) is 0 Å². The highest BCUT2D eigenvalue weighted by Gasteiger charge is 1.70. The van der Waals surface area contributed by atoms with Crippen LogP contribution in [0.15, 0.2) is 0 Å². The molecule has 4 radical (unpaired) electrons. The summed E-state index contributed by atoms with van der Waals surface area (Å²) in [4.78, 5) is 0. The predicted molar refractivity (Wildman–Crippen MR) is 36.0 cm³/mol. The first-order chi connectivity index (χ1) is 3.00. The zero-order chi connectivity index (χ0) is 4.24. The van der Waals surface area contributed by atoms with Crippen LogP contribution in [0.5, 0.6) is 0 Å². The SMILES string of the molecule is C1=P[Si]=[Si][Si]=[Si]1. The standard InChI is InChI=1S/CHPSi4/c1-2-4-6-5-3-1/h1H. The molecule has 5 heteroatoms. The Hall–Kier alpha value is 1.04. The normalized spacial score (nSPS) is 18.7. The van der Waals surface area contributed by atoms with Gasteiger partial charge in [-0.2, -0.15) is 0 Å². The molecule has 0 nitrogen and oxygen atoms in total. The molecule has 26 valence electrons. The van der Waals surface area contributed by atoms with Crippen LogP contribution in [0.2, 0.25) is 0 Å². The third-order valence-corrected chi connectivity index (χ3v) is 16.8. The summed E-state index contributed by atoms with van der Waals surface area (Å²) in [6, 6.07) is 0. The third-order valence-electron chi connectivity index (χ3n) is 0.384. The first-order valence-corrected chi connectivity index (χ1v) is 10.4. The van der Waals surface area contributed by atoms with Gasteiger partial charge in [0.2, 0.25) is 0 Å². The lowest BCUT2D eigenvalue weighted by Gasteiger charge is -1.72. The van der Waals surface area contributed by atoms with Crippen molar-refractivity contribution in [3.05, 3.63) is 0 Å². The van der Waals surface area contributed by atoms with Gasteiger partial charge in [-0.1, -0.05) is 5.42 Å². The van der Waals surface area contributed by atoms with Crippen molar-refractivity contribution in [3.63, 3.8) is 0 Å². The number of hydrogen-bond acceptors (Lipinski definition) is 0. The minimum Gasteiger partial charge on any atom is -0.114 e. The molecular weight excluding hydrogens is 155 g/mol. The van der Waals surface area contributed by atoms with Crippen molar-refractivity contribution < 1.29 is 0 Å². The summed E-state index contributed by atoms with van der Waals surface area (Å²) in [5, 5.41) is 0. The average Bonchev–Trinajstić information content (AvgIpc) is 1.72. The molecule has 0 aliphatic carbocycles. The van der Waals surface area contributed by atoms with Gasteiger partial charge < -0.3 is 0 Å². The molecule has 0 fully saturated rings. The van der Waals surface area contributed by atoms with Crippen LogP contribution in [0.25, 0.3) is 0 Å². The number of rotatable bonds is 0. The third kappa shape index (κ3) is 1.66. The summed E-state index contributed by atoms with van der Waals surface area (Å²) in [5.74, 6) is 0. The molecule has 0 bridgehead atoms. The molecule has 0 aromatic heterocycles. The Kier molecular flexibility index (Phi) is 2.67. The lowest BCUT2D eigenvalue weighted by molar-refractivity contribution is 3.96. The Morgan fingerprint density at radius 3 is 2.50 bits per heavy atom. The fourth-order valence-electron chi connectivity index (χ4n) is 0.193. The molecule has 0 atom stereocenters. The summed E-state index contributed by atoms with van der Waals surface area (Å²) < 4.78 is 0. The summed E-state index contributed by atoms with van der Waals surface area (Å²) in [6.45, 7) is 0. The quantitative estimate of drug-likeness (QED) is 0.318. The van der Waals surface area contributed by atoms with Crippen molar-refractivity contribution in [3.8, 4) is 0 Å². The number of hydrogen-bond donors (Lipinski definition) is 0. The van der Waals surface area contributed by atoms with E-state index in [0.29, 0.717) is 0 Å². The van der Waals surface area contributed by atoms with Crippen LogP contribution in [-0.4, -0.2) is 38.6 Å². The molecule has 1 heterocycles. The van der Waals surface area contributed by atoms with Gasteiger partial charge in [0.25, 0.3) is 0 Å². The maximum Gasteiger partial charge on any atom is 0.0642 e. The van der Waals surface area contributed by atoms with E-state index >= 15 is 0 Å². The smallest absolute Gasteiger partial charge is 0.0642 e. The summed E-state index contributed by atoms with van der Waals surface area (Å²) in [7, 11) is 6.74. The lowest BCUT2D eigenvalue weighted by Crippen LogP contribution is -1.96. The lowest BCUT2D eigenvalue weighted by atomic mass is 11.9. The van der Waals surface area contributed by atoms with Gasteiger partial charge in [0, 0.05) is 24.9 Å². The van der Waals surface area contributed by atoms with E-state index in [1.807, 2.05) is 0 Å². The van der Waals surface area contributed by atoms with Crippen LogP contribution in [-0.2, 0) is 0 Å². The molecule has 0 amide bonds. The molecule has 1 rings (SSSR count). The van der Waals surface area contributed by atoms with Crippen molar-refractivity contribution in [1.29, 1.82) is 0 Å².